The van der Waals surface area contributed by atoms with Crippen LogP contribution in [0.3, 0.4) is 0 Å². The second-order valence-corrected chi connectivity index (χ2v) is 7.17. The summed E-state index contributed by atoms with van der Waals surface area (Å²) in [5.74, 6) is 0.195. The third-order valence-electron chi connectivity index (χ3n) is 4.89. The normalized spacial score (nSPS) is 12.2. The predicted molar refractivity (Wildman–Crippen MR) is 114 cm³/mol. The lowest BCUT2D eigenvalue weighted by Gasteiger charge is -2.21. The topological polar surface area (TPSA) is 73.4 Å². The van der Waals surface area contributed by atoms with Crippen LogP contribution in [0.5, 0.6) is 11.8 Å². The van der Waals surface area contributed by atoms with E-state index in [1.165, 1.54) is 16.9 Å². The highest BCUT2D eigenvalue weighted by molar-refractivity contribution is 5.78. The van der Waals surface area contributed by atoms with Gasteiger partial charge in [0, 0.05) is 6.20 Å². The lowest BCUT2D eigenvalue weighted by Crippen LogP contribution is -2.23. The van der Waals surface area contributed by atoms with Crippen LogP contribution in [0.2, 0.25) is 0 Å². The van der Waals surface area contributed by atoms with Gasteiger partial charge in [-0.15, -0.1) is 0 Å². The average molecular weight is 420 g/mol. The molecule has 0 aliphatic carbocycles. The zero-order valence-electron chi connectivity index (χ0n) is 17.3. The molecule has 7 nitrogen and oxygen atoms in total. The molecule has 1 atom stereocenters. The van der Waals surface area contributed by atoms with Crippen LogP contribution in [0.25, 0.3) is 22.5 Å². The summed E-state index contributed by atoms with van der Waals surface area (Å²) in [6.07, 6.45) is 1.27. The standard InChI is InChI=1S/C23H21FN4O3/c1-15(27(2)3)28-21(20(22(29)31-28)16-9-11-17(24)12-10-16)19-13-14-25-23(26-19)30-18-7-5-4-6-8-18/h4-15H,1-3H3. The second-order valence-electron chi connectivity index (χ2n) is 7.17. The number of aromatic nitrogens is 3. The Balaban J connectivity index is 1.87. The number of benzene rings is 2. The van der Waals surface area contributed by atoms with Gasteiger partial charge in [-0.3, -0.25) is 4.90 Å². The predicted octanol–water partition coefficient (Wildman–Crippen LogP) is 4.58. The van der Waals surface area contributed by atoms with E-state index in [2.05, 4.69) is 9.97 Å². The fourth-order valence-electron chi connectivity index (χ4n) is 3.09. The van der Waals surface area contributed by atoms with Gasteiger partial charge in [-0.2, -0.15) is 9.72 Å². The minimum Gasteiger partial charge on any atom is -0.424 e. The van der Waals surface area contributed by atoms with E-state index in [4.69, 9.17) is 9.26 Å². The molecule has 0 spiro atoms. The largest absolute Gasteiger partial charge is 0.424 e. The molecule has 1 unspecified atom stereocenters. The lowest BCUT2D eigenvalue weighted by atomic mass is 10.0. The van der Waals surface area contributed by atoms with Crippen LogP contribution in [-0.4, -0.2) is 33.7 Å². The van der Waals surface area contributed by atoms with Crippen LogP contribution in [0, 0.1) is 5.82 Å². The third-order valence-corrected chi connectivity index (χ3v) is 4.89. The lowest BCUT2D eigenvalue weighted by molar-refractivity contribution is 0.115. The first-order valence-corrected chi connectivity index (χ1v) is 9.68. The summed E-state index contributed by atoms with van der Waals surface area (Å²) in [4.78, 5) is 23.4. The Morgan fingerprint density at radius 3 is 2.45 bits per heavy atom. The van der Waals surface area contributed by atoms with Crippen molar-refractivity contribution in [2.45, 2.75) is 13.1 Å². The van der Waals surface area contributed by atoms with Gasteiger partial charge in [0.05, 0.1) is 11.3 Å². The van der Waals surface area contributed by atoms with Crippen molar-refractivity contribution in [3.05, 3.63) is 83.1 Å². The molecule has 31 heavy (non-hydrogen) atoms. The molecule has 8 heteroatoms. The van der Waals surface area contributed by atoms with Gasteiger partial charge in [0.25, 0.3) is 0 Å². The number of nitrogens with zero attached hydrogens (tertiary/aromatic N) is 4. The van der Waals surface area contributed by atoms with Crippen molar-refractivity contribution in [3.8, 4) is 34.3 Å². The molecule has 0 fully saturated rings. The summed E-state index contributed by atoms with van der Waals surface area (Å²) in [5, 5.41) is 0. The van der Waals surface area contributed by atoms with Gasteiger partial charge in [0.1, 0.15) is 23.4 Å². The highest BCUT2D eigenvalue weighted by atomic mass is 19.1. The molecule has 0 saturated carbocycles. The highest BCUT2D eigenvalue weighted by Gasteiger charge is 2.26. The van der Waals surface area contributed by atoms with E-state index in [1.807, 2.05) is 44.1 Å². The molecule has 0 radical (unpaired) electrons. The molecule has 0 saturated heterocycles. The first-order chi connectivity index (χ1) is 14.9. The smallest absolute Gasteiger partial charge is 0.366 e. The summed E-state index contributed by atoms with van der Waals surface area (Å²) in [5.41, 5.74) is 1.18. The summed E-state index contributed by atoms with van der Waals surface area (Å²) >= 11 is 0. The van der Waals surface area contributed by atoms with Gasteiger partial charge in [-0.1, -0.05) is 30.3 Å². The van der Waals surface area contributed by atoms with Crippen molar-refractivity contribution < 1.29 is 13.7 Å². The van der Waals surface area contributed by atoms with Crippen molar-refractivity contribution in [2.24, 2.45) is 0 Å². The Hall–Kier alpha value is -3.78. The van der Waals surface area contributed by atoms with Crippen molar-refractivity contribution in [1.82, 2.24) is 19.6 Å². The van der Waals surface area contributed by atoms with Crippen molar-refractivity contribution in [2.75, 3.05) is 14.1 Å². The van der Waals surface area contributed by atoms with Gasteiger partial charge < -0.3 is 9.26 Å². The Bertz CT molecular complexity index is 1230. The molecule has 0 amide bonds. The van der Waals surface area contributed by atoms with E-state index in [-0.39, 0.29) is 17.7 Å². The van der Waals surface area contributed by atoms with E-state index in [9.17, 15) is 9.18 Å². The van der Waals surface area contributed by atoms with Gasteiger partial charge >= 0.3 is 11.6 Å². The Labute approximate surface area is 178 Å². The summed E-state index contributed by atoms with van der Waals surface area (Å²) in [7, 11) is 3.74. The van der Waals surface area contributed by atoms with Crippen LogP contribution in [-0.2, 0) is 0 Å². The van der Waals surface area contributed by atoms with Gasteiger partial charge in [0.2, 0.25) is 0 Å². The molecule has 4 aromatic rings. The van der Waals surface area contributed by atoms with Crippen LogP contribution >= 0.6 is 0 Å². The van der Waals surface area contributed by atoms with E-state index < -0.39 is 11.4 Å². The molecule has 0 N–H and O–H groups in total. The number of halogens is 1. The number of hydrogen-bond acceptors (Lipinski definition) is 6. The van der Waals surface area contributed by atoms with Gasteiger partial charge in [-0.25, -0.2) is 14.2 Å². The van der Waals surface area contributed by atoms with E-state index in [0.29, 0.717) is 22.7 Å². The Morgan fingerprint density at radius 2 is 1.77 bits per heavy atom. The van der Waals surface area contributed by atoms with Crippen LogP contribution in [0.15, 0.2) is 76.2 Å². The summed E-state index contributed by atoms with van der Waals surface area (Å²) in [6.45, 7) is 1.89. The Kier molecular flexibility index (Phi) is 5.64. The van der Waals surface area contributed by atoms with Crippen molar-refractivity contribution in [3.63, 3.8) is 0 Å². The van der Waals surface area contributed by atoms with Gasteiger partial charge in [0.15, 0.2) is 0 Å². The molecule has 0 aliphatic rings. The molecule has 2 heterocycles. The molecule has 0 bridgehead atoms. The molecule has 2 aromatic carbocycles. The molecule has 0 aliphatic heterocycles. The average Bonchev–Trinajstić information content (AvgIpc) is 3.11. The van der Waals surface area contributed by atoms with E-state index >= 15 is 0 Å². The third kappa shape index (κ3) is 4.24. The molecule has 4 rings (SSSR count). The second kappa shape index (κ2) is 8.53. The fourth-order valence-corrected chi connectivity index (χ4v) is 3.09. The zero-order chi connectivity index (χ0) is 22.0. The highest BCUT2D eigenvalue weighted by Crippen LogP contribution is 2.33. The van der Waals surface area contributed by atoms with Crippen molar-refractivity contribution >= 4 is 0 Å². The fraction of sp³-hybridized carbons (Fsp3) is 0.174. The first kappa shape index (κ1) is 20.5. The van der Waals surface area contributed by atoms with Gasteiger partial charge in [-0.05, 0) is 56.9 Å². The zero-order valence-corrected chi connectivity index (χ0v) is 17.3. The summed E-state index contributed by atoms with van der Waals surface area (Å²) in [6, 6.07) is 16.6. The number of rotatable bonds is 6. The van der Waals surface area contributed by atoms with Crippen LogP contribution < -0.4 is 10.4 Å². The maximum atomic E-state index is 13.5. The molecule has 158 valence electrons. The van der Waals surface area contributed by atoms with E-state index in [1.54, 1.807) is 36.5 Å². The van der Waals surface area contributed by atoms with E-state index in [0.717, 1.165) is 0 Å². The SMILES string of the molecule is CC(N(C)C)n1oc(=O)c(-c2ccc(F)cc2)c1-c1ccnc(Oc2ccccc2)n1. The quantitative estimate of drug-likeness (QED) is 0.455. The maximum Gasteiger partial charge on any atom is 0.366 e. The van der Waals surface area contributed by atoms with Crippen LogP contribution in [0.1, 0.15) is 13.1 Å². The first-order valence-electron chi connectivity index (χ1n) is 9.68. The van der Waals surface area contributed by atoms with Crippen LogP contribution in [0.4, 0.5) is 4.39 Å². The minimum absolute atomic E-state index is 0.131. The molecular weight excluding hydrogens is 399 g/mol. The number of ether oxygens (including phenoxy) is 1. The molecular formula is C23H21FN4O3. The minimum atomic E-state index is -0.542. The Morgan fingerprint density at radius 1 is 1.06 bits per heavy atom. The number of hydrogen-bond donors (Lipinski definition) is 0. The molecule has 2 aromatic heterocycles. The summed E-state index contributed by atoms with van der Waals surface area (Å²) < 4.78 is 26.3. The monoisotopic (exact) mass is 420 g/mol. The maximum absolute atomic E-state index is 13.5. The number of para-hydroxylation sites is 1. The van der Waals surface area contributed by atoms with Crippen molar-refractivity contribution in [1.29, 1.82) is 0 Å².